The molecule has 0 saturated carbocycles. The SMILES string of the molecule is Cc1ccc(S(=O)(=O)OCc2cnc[nH]2)cc1. The van der Waals surface area contributed by atoms with Gasteiger partial charge in [0.2, 0.25) is 0 Å². The molecular weight excluding hydrogens is 240 g/mol. The molecule has 17 heavy (non-hydrogen) atoms. The fourth-order valence-electron chi connectivity index (χ4n) is 1.28. The number of nitrogens with zero attached hydrogens (tertiary/aromatic N) is 1. The van der Waals surface area contributed by atoms with Crippen molar-refractivity contribution in [3.63, 3.8) is 0 Å². The van der Waals surface area contributed by atoms with Crippen molar-refractivity contribution < 1.29 is 12.6 Å². The van der Waals surface area contributed by atoms with Crippen molar-refractivity contribution in [2.75, 3.05) is 0 Å². The van der Waals surface area contributed by atoms with Gasteiger partial charge in [0.1, 0.15) is 6.61 Å². The Morgan fingerprint density at radius 3 is 2.59 bits per heavy atom. The van der Waals surface area contributed by atoms with Gasteiger partial charge in [-0.3, -0.25) is 4.18 Å². The summed E-state index contributed by atoms with van der Waals surface area (Å²) >= 11 is 0. The third-order valence-corrected chi connectivity index (χ3v) is 3.51. The van der Waals surface area contributed by atoms with Crippen LogP contribution in [0.3, 0.4) is 0 Å². The molecule has 0 fully saturated rings. The molecule has 0 radical (unpaired) electrons. The molecule has 0 aliphatic rings. The Hall–Kier alpha value is -1.66. The van der Waals surface area contributed by atoms with Crippen molar-refractivity contribution in [2.24, 2.45) is 0 Å². The fourth-order valence-corrected chi connectivity index (χ4v) is 2.17. The van der Waals surface area contributed by atoms with Gasteiger partial charge in [0, 0.05) is 0 Å². The first kappa shape index (κ1) is 11.8. The van der Waals surface area contributed by atoms with E-state index in [0.29, 0.717) is 5.69 Å². The molecule has 0 aliphatic heterocycles. The lowest BCUT2D eigenvalue weighted by molar-refractivity contribution is 0.304. The highest BCUT2D eigenvalue weighted by Gasteiger charge is 2.15. The maximum Gasteiger partial charge on any atom is 0.297 e. The molecule has 0 spiro atoms. The number of hydrogen-bond donors (Lipinski definition) is 1. The smallest absolute Gasteiger partial charge is 0.297 e. The monoisotopic (exact) mass is 252 g/mol. The van der Waals surface area contributed by atoms with Crippen molar-refractivity contribution >= 4 is 10.1 Å². The van der Waals surface area contributed by atoms with Crippen LogP contribution in [0, 0.1) is 6.92 Å². The van der Waals surface area contributed by atoms with Crippen molar-refractivity contribution in [1.82, 2.24) is 9.97 Å². The van der Waals surface area contributed by atoms with Gasteiger partial charge in [-0.15, -0.1) is 0 Å². The summed E-state index contributed by atoms with van der Waals surface area (Å²) in [4.78, 5) is 6.70. The summed E-state index contributed by atoms with van der Waals surface area (Å²) in [5.41, 5.74) is 1.61. The highest BCUT2D eigenvalue weighted by Crippen LogP contribution is 2.14. The zero-order valence-electron chi connectivity index (χ0n) is 9.25. The third-order valence-electron chi connectivity index (χ3n) is 2.23. The molecule has 0 aliphatic carbocycles. The highest BCUT2D eigenvalue weighted by molar-refractivity contribution is 7.86. The molecular formula is C11H12N2O3S. The van der Waals surface area contributed by atoms with E-state index in [4.69, 9.17) is 4.18 Å². The van der Waals surface area contributed by atoms with Crippen molar-refractivity contribution in [1.29, 1.82) is 0 Å². The number of hydrogen-bond acceptors (Lipinski definition) is 4. The van der Waals surface area contributed by atoms with Crippen LogP contribution in [0.4, 0.5) is 0 Å². The lowest BCUT2D eigenvalue weighted by Crippen LogP contribution is -2.06. The van der Waals surface area contributed by atoms with Crippen LogP contribution in [-0.2, 0) is 20.9 Å². The van der Waals surface area contributed by atoms with Gasteiger partial charge in [-0.2, -0.15) is 8.42 Å². The Morgan fingerprint density at radius 2 is 2.00 bits per heavy atom. The molecule has 1 N–H and O–H groups in total. The number of benzene rings is 1. The molecule has 1 heterocycles. The van der Waals surface area contributed by atoms with E-state index in [0.717, 1.165) is 5.56 Å². The van der Waals surface area contributed by atoms with Gasteiger partial charge in [0.15, 0.2) is 0 Å². The number of H-pyrrole nitrogens is 1. The van der Waals surface area contributed by atoms with Gasteiger partial charge in [-0.05, 0) is 19.1 Å². The van der Waals surface area contributed by atoms with Crippen molar-refractivity contribution in [2.45, 2.75) is 18.4 Å². The molecule has 2 aromatic rings. The average Bonchev–Trinajstić information content (AvgIpc) is 2.80. The minimum Gasteiger partial charge on any atom is -0.347 e. The predicted molar refractivity (Wildman–Crippen MR) is 61.7 cm³/mol. The molecule has 0 bridgehead atoms. The van der Waals surface area contributed by atoms with Crippen LogP contribution in [0.25, 0.3) is 0 Å². The second kappa shape index (κ2) is 4.68. The summed E-state index contributed by atoms with van der Waals surface area (Å²) in [6, 6.07) is 6.51. The van der Waals surface area contributed by atoms with Gasteiger partial charge >= 0.3 is 0 Å². The zero-order chi connectivity index (χ0) is 12.3. The summed E-state index contributed by atoms with van der Waals surface area (Å²) < 4.78 is 28.5. The number of nitrogens with one attached hydrogen (secondary N) is 1. The Balaban J connectivity index is 2.11. The first-order valence-electron chi connectivity index (χ1n) is 5.01. The molecule has 2 rings (SSSR count). The number of rotatable bonds is 4. The minimum atomic E-state index is -3.70. The predicted octanol–water partition coefficient (Wildman–Crippen LogP) is 1.62. The second-order valence-electron chi connectivity index (χ2n) is 3.61. The molecule has 6 heteroatoms. The summed E-state index contributed by atoms with van der Waals surface area (Å²) in [6.45, 7) is 1.85. The molecule has 90 valence electrons. The van der Waals surface area contributed by atoms with E-state index in [1.54, 1.807) is 12.1 Å². The maximum absolute atomic E-state index is 11.8. The lowest BCUT2D eigenvalue weighted by Gasteiger charge is -2.04. The summed E-state index contributed by atoms with van der Waals surface area (Å²) in [7, 11) is -3.70. The molecule has 0 unspecified atom stereocenters. The summed E-state index contributed by atoms with van der Waals surface area (Å²) in [5, 5.41) is 0. The lowest BCUT2D eigenvalue weighted by atomic mass is 10.2. The van der Waals surface area contributed by atoms with E-state index >= 15 is 0 Å². The van der Waals surface area contributed by atoms with Crippen LogP contribution >= 0.6 is 0 Å². The molecule has 5 nitrogen and oxygen atoms in total. The second-order valence-corrected chi connectivity index (χ2v) is 5.22. The molecule has 0 saturated heterocycles. The van der Waals surface area contributed by atoms with Crippen LogP contribution < -0.4 is 0 Å². The van der Waals surface area contributed by atoms with E-state index in [2.05, 4.69) is 9.97 Å². The first-order valence-corrected chi connectivity index (χ1v) is 6.42. The van der Waals surface area contributed by atoms with Crippen LogP contribution in [0.5, 0.6) is 0 Å². The van der Waals surface area contributed by atoms with Gasteiger partial charge in [-0.25, -0.2) is 4.98 Å². The Morgan fingerprint density at radius 1 is 1.29 bits per heavy atom. The number of aromatic nitrogens is 2. The fraction of sp³-hybridized carbons (Fsp3) is 0.182. The van der Waals surface area contributed by atoms with Crippen molar-refractivity contribution in [3.8, 4) is 0 Å². The van der Waals surface area contributed by atoms with E-state index in [-0.39, 0.29) is 11.5 Å². The third kappa shape index (κ3) is 2.92. The Kier molecular flexibility index (Phi) is 3.26. The van der Waals surface area contributed by atoms with E-state index in [1.165, 1.54) is 24.7 Å². The maximum atomic E-state index is 11.8. The Labute approximate surface area is 99.6 Å². The summed E-state index contributed by atoms with van der Waals surface area (Å²) in [5.74, 6) is 0. The van der Waals surface area contributed by atoms with Crippen LogP contribution in [-0.4, -0.2) is 18.4 Å². The van der Waals surface area contributed by atoms with Gasteiger partial charge < -0.3 is 4.98 Å². The van der Waals surface area contributed by atoms with Gasteiger partial charge in [0.05, 0.1) is 23.1 Å². The van der Waals surface area contributed by atoms with Crippen molar-refractivity contribution in [3.05, 3.63) is 48.0 Å². The molecule has 1 aromatic heterocycles. The quantitative estimate of drug-likeness (QED) is 0.839. The first-order chi connectivity index (χ1) is 8.08. The van der Waals surface area contributed by atoms with Gasteiger partial charge in [0.25, 0.3) is 10.1 Å². The standard InChI is InChI=1S/C11H12N2O3S/c1-9-2-4-11(5-3-9)17(14,15)16-7-10-6-12-8-13-10/h2-6,8H,7H2,1H3,(H,12,13). The van der Waals surface area contributed by atoms with E-state index in [9.17, 15) is 8.42 Å². The minimum absolute atomic E-state index is 0.0454. The highest BCUT2D eigenvalue weighted by atomic mass is 32.2. The number of imidazole rings is 1. The van der Waals surface area contributed by atoms with Gasteiger partial charge in [-0.1, -0.05) is 17.7 Å². The van der Waals surface area contributed by atoms with E-state index < -0.39 is 10.1 Å². The van der Waals surface area contributed by atoms with Crippen LogP contribution in [0.2, 0.25) is 0 Å². The Bertz CT molecular complexity index is 574. The topological polar surface area (TPSA) is 72.1 Å². The summed E-state index contributed by atoms with van der Waals surface area (Å²) in [6.07, 6.45) is 2.99. The zero-order valence-corrected chi connectivity index (χ0v) is 10.1. The number of aryl methyl sites for hydroxylation is 1. The molecule has 1 aromatic carbocycles. The largest absolute Gasteiger partial charge is 0.347 e. The normalized spacial score (nSPS) is 11.6. The van der Waals surface area contributed by atoms with Crippen LogP contribution in [0.1, 0.15) is 11.3 Å². The average molecular weight is 252 g/mol. The van der Waals surface area contributed by atoms with E-state index in [1.807, 2.05) is 6.92 Å². The number of aromatic amines is 1. The van der Waals surface area contributed by atoms with Crippen LogP contribution in [0.15, 0.2) is 41.7 Å². The molecule has 0 amide bonds. The molecule has 0 atom stereocenters.